The predicted octanol–water partition coefficient (Wildman–Crippen LogP) is 1.52. The zero-order chi connectivity index (χ0) is 18.1. The van der Waals surface area contributed by atoms with Gasteiger partial charge in [-0.25, -0.2) is 15.0 Å². The van der Waals surface area contributed by atoms with Gasteiger partial charge in [0.25, 0.3) is 0 Å². The van der Waals surface area contributed by atoms with Crippen LogP contribution in [0.3, 0.4) is 0 Å². The van der Waals surface area contributed by atoms with Gasteiger partial charge in [-0.05, 0) is 19.1 Å². The lowest BCUT2D eigenvalue weighted by molar-refractivity contribution is 0.641. The van der Waals surface area contributed by atoms with Gasteiger partial charge in [-0.2, -0.15) is 4.98 Å². The third-order valence-corrected chi connectivity index (χ3v) is 4.52. The van der Waals surface area contributed by atoms with Gasteiger partial charge in [0.05, 0.1) is 11.7 Å². The molecule has 0 amide bonds. The topological polar surface area (TPSA) is 74.2 Å². The van der Waals surface area contributed by atoms with Gasteiger partial charge >= 0.3 is 0 Å². The summed E-state index contributed by atoms with van der Waals surface area (Å²) in [4.78, 5) is 28.8. The molecule has 3 aromatic rings. The summed E-state index contributed by atoms with van der Waals surface area (Å²) in [6, 6.07) is 3.96. The van der Waals surface area contributed by atoms with Crippen LogP contribution in [0.5, 0.6) is 0 Å². The Labute approximate surface area is 152 Å². The molecule has 0 bridgehead atoms. The van der Waals surface area contributed by atoms with Crippen molar-refractivity contribution in [3.05, 3.63) is 36.5 Å². The number of rotatable bonds is 3. The summed E-state index contributed by atoms with van der Waals surface area (Å²) in [5.41, 5.74) is 0.892. The number of fused-ring (bicyclic) bond motifs is 1. The first-order valence-electron chi connectivity index (χ1n) is 8.70. The number of hydrogen-bond acceptors (Lipinski definition) is 8. The molecule has 134 valence electrons. The number of piperazine rings is 1. The first-order chi connectivity index (χ1) is 12.6. The molecule has 0 unspecified atom stereocenters. The number of anilines is 3. The Kier molecular flexibility index (Phi) is 4.24. The molecular weight excluding hydrogens is 328 g/mol. The van der Waals surface area contributed by atoms with Crippen molar-refractivity contribution in [3.8, 4) is 0 Å². The van der Waals surface area contributed by atoms with Gasteiger partial charge in [0.1, 0.15) is 17.5 Å². The van der Waals surface area contributed by atoms with E-state index >= 15 is 0 Å². The van der Waals surface area contributed by atoms with Crippen molar-refractivity contribution in [2.24, 2.45) is 0 Å². The van der Waals surface area contributed by atoms with Crippen LogP contribution in [-0.2, 0) is 0 Å². The molecule has 8 nitrogen and oxygen atoms in total. The van der Waals surface area contributed by atoms with E-state index in [4.69, 9.17) is 4.98 Å². The molecule has 0 radical (unpaired) electrons. The third kappa shape index (κ3) is 3.10. The molecule has 1 aliphatic heterocycles. The SMILES string of the molecule is Cc1nc(N2CCN(c3ccnc(N(C)C)n3)CC2)c2ccncc2n1. The van der Waals surface area contributed by atoms with Crippen LogP contribution >= 0.6 is 0 Å². The zero-order valence-corrected chi connectivity index (χ0v) is 15.3. The van der Waals surface area contributed by atoms with Crippen LogP contribution in [-0.4, -0.2) is 65.2 Å². The molecule has 4 rings (SSSR count). The lowest BCUT2D eigenvalue weighted by atomic mass is 10.2. The standard InChI is InChI=1S/C18H22N8/c1-13-21-15-12-19-6-4-14(15)17(22-13)26-10-8-25(9-11-26)16-5-7-20-18(23-16)24(2)3/h4-7,12H,8-11H2,1-3H3. The minimum atomic E-state index is 0.731. The van der Waals surface area contributed by atoms with Crippen LogP contribution in [0.15, 0.2) is 30.7 Å². The van der Waals surface area contributed by atoms with Gasteiger partial charge in [0.2, 0.25) is 5.95 Å². The Bertz CT molecular complexity index is 918. The highest BCUT2D eigenvalue weighted by Gasteiger charge is 2.21. The smallest absolute Gasteiger partial charge is 0.226 e. The number of aromatic nitrogens is 5. The Morgan fingerprint density at radius 1 is 0.923 bits per heavy atom. The Morgan fingerprint density at radius 3 is 2.46 bits per heavy atom. The fourth-order valence-corrected chi connectivity index (χ4v) is 3.20. The first kappa shape index (κ1) is 16.4. The van der Waals surface area contributed by atoms with E-state index in [1.54, 1.807) is 12.4 Å². The van der Waals surface area contributed by atoms with Crippen LogP contribution in [0.4, 0.5) is 17.6 Å². The van der Waals surface area contributed by atoms with Crippen molar-refractivity contribution in [1.82, 2.24) is 24.9 Å². The van der Waals surface area contributed by atoms with Crippen molar-refractivity contribution in [1.29, 1.82) is 0 Å². The highest BCUT2D eigenvalue weighted by Crippen LogP contribution is 2.25. The van der Waals surface area contributed by atoms with Crippen molar-refractivity contribution < 1.29 is 0 Å². The van der Waals surface area contributed by atoms with Gasteiger partial charge in [0.15, 0.2) is 0 Å². The maximum atomic E-state index is 4.70. The van der Waals surface area contributed by atoms with E-state index in [0.29, 0.717) is 0 Å². The Hall–Kier alpha value is -3.03. The minimum Gasteiger partial charge on any atom is -0.353 e. The molecule has 1 aliphatic rings. The van der Waals surface area contributed by atoms with E-state index in [2.05, 4.69) is 29.7 Å². The average molecular weight is 350 g/mol. The zero-order valence-electron chi connectivity index (χ0n) is 15.3. The molecular formula is C18H22N8. The average Bonchev–Trinajstić information content (AvgIpc) is 2.67. The first-order valence-corrected chi connectivity index (χ1v) is 8.70. The van der Waals surface area contributed by atoms with Crippen LogP contribution < -0.4 is 14.7 Å². The predicted molar refractivity (Wildman–Crippen MR) is 103 cm³/mol. The van der Waals surface area contributed by atoms with Crippen LogP contribution in [0, 0.1) is 6.92 Å². The Balaban J connectivity index is 1.55. The quantitative estimate of drug-likeness (QED) is 0.704. The largest absolute Gasteiger partial charge is 0.353 e. The summed E-state index contributed by atoms with van der Waals surface area (Å²) in [7, 11) is 3.91. The molecule has 0 aromatic carbocycles. The van der Waals surface area contributed by atoms with E-state index in [1.807, 2.05) is 44.2 Å². The summed E-state index contributed by atoms with van der Waals surface area (Å²) in [5, 5.41) is 1.05. The Morgan fingerprint density at radius 2 is 1.69 bits per heavy atom. The van der Waals surface area contributed by atoms with E-state index < -0.39 is 0 Å². The molecule has 26 heavy (non-hydrogen) atoms. The number of pyridine rings is 1. The van der Waals surface area contributed by atoms with Gasteiger partial charge in [-0.3, -0.25) is 4.98 Å². The van der Waals surface area contributed by atoms with E-state index in [0.717, 1.165) is 60.5 Å². The highest BCUT2D eigenvalue weighted by molar-refractivity contribution is 5.88. The lowest BCUT2D eigenvalue weighted by Crippen LogP contribution is -2.47. The van der Waals surface area contributed by atoms with Gasteiger partial charge in [0, 0.05) is 58.1 Å². The fourth-order valence-electron chi connectivity index (χ4n) is 3.20. The summed E-state index contributed by atoms with van der Waals surface area (Å²) in [5.74, 6) is 3.46. The second-order valence-electron chi connectivity index (χ2n) is 6.57. The van der Waals surface area contributed by atoms with Gasteiger partial charge < -0.3 is 14.7 Å². The van der Waals surface area contributed by atoms with Crippen LogP contribution in [0.1, 0.15) is 5.82 Å². The maximum absolute atomic E-state index is 4.70. The van der Waals surface area contributed by atoms with Gasteiger partial charge in [-0.15, -0.1) is 0 Å². The molecule has 0 aliphatic carbocycles. The molecule has 1 saturated heterocycles. The lowest BCUT2D eigenvalue weighted by Gasteiger charge is -2.36. The molecule has 0 spiro atoms. The molecule has 4 heterocycles. The number of aryl methyl sites for hydroxylation is 1. The fraction of sp³-hybridized carbons (Fsp3) is 0.389. The summed E-state index contributed by atoms with van der Waals surface area (Å²) in [6.07, 6.45) is 5.41. The van der Waals surface area contributed by atoms with Crippen molar-refractivity contribution in [2.75, 3.05) is 55.0 Å². The second kappa shape index (κ2) is 6.70. The van der Waals surface area contributed by atoms with E-state index in [9.17, 15) is 0 Å². The van der Waals surface area contributed by atoms with Crippen molar-refractivity contribution in [3.63, 3.8) is 0 Å². The summed E-state index contributed by atoms with van der Waals surface area (Å²) in [6.45, 7) is 5.47. The van der Waals surface area contributed by atoms with Crippen LogP contribution in [0.25, 0.3) is 10.9 Å². The number of hydrogen-bond donors (Lipinski definition) is 0. The third-order valence-electron chi connectivity index (χ3n) is 4.52. The molecule has 0 N–H and O–H groups in total. The normalized spacial score (nSPS) is 14.7. The van der Waals surface area contributed by atoms with Gasteiger partial charge in [-0.1, -0.05) is 0 Å². The van der Waals surface area contributed by atoms with Crippen molar-refractivity contribution in [2.45, 2.75) is 6.92 Å². The summed E-state index contributed by atoms with van der Waals surface area (Å²) >= 11 is 0. The van der Waals surface area contributed by atoms with E-state index in [1.165, 1.54) is 0 Å². The molecule has 1 fully saturated rings. The molecule has 0 saturated carbocycles. The maximum Gasteiger partial charge on any atom is 0.226 e. The monoisotopic (exact) mass is 350 g/mol. The number of nitrogens with zero attached hydrogens (tertiary/aromatic N) is 8. The summed E-state index contributed by atoms with van der Waals surface area (Å²) < 4.78 is 0. The molecule has 8 heteroatoms. The molecule has 0 atom stereocenters. The van der Waals surface area contributed by atoms with Crippen molar-refractivity contribution >= 4 is 28.5 Å². The minimum absolute atomic E-state index is 0.731. The van der Waals surface area contributed by atoms with E-state index in [-0.39, 0.29) is 0 Å². The van der Waals surface area contributed by atoms with Crippen LogP contribution in [0.2, 0.25) is 0 Å². The molecule has 3 aromatic heterocycles. The second-order valence-corrected chi connectivity index (χ2v) is 6.57. The highest BCUT2D eigenvalue weighted by atomic mass is 15.3.